The monoisotopic (exact) mass is 539 g/mol. The average molecular weight is 540 g/mol. The van der Waals surface area contributed by atoms with E-state index in [2.05, 4.69) is 40.0 Å². The van der Waals surface area contributed by atoms with E-state index in [0.29, 0.717) is 0 Å². The topological polar surface area (TPSA) is 143 Å². The summed E-state index contributed by atoms with van der Waals surface area (Å²) >= 11 is 5.02. The number of nitrogens with zero attached hydrogens (tertiary/aromatic N) is 3. The molecule has 0 aliphatic heterocycles. The Kier molecular flexibility index (Phi) is 23.7. The Morgan fingerprint density at radius 2 is 1.61 bits per heavy atom. The molecule has 3 aromatic rings. The van der Waals surface area contributed by atoms with Crippen molar-refractivity contribution in [3.8, 4) is 18.4 Å². The standard InChI is InChI=1S/C12H13NO.C9H8.C4H6ClNO3.C2H3N.CO2/c1-2-11-9-12(14-13-11)8-10-6-4-3-5-7-10;1-2-6-9-7-4-3-5-8-9;1-2-9-4(7)3(5)6-8;1-2-3;2-1-3/h3-7,9H,2,8H2,1H3;1,3-5,7-8H,6H2;8H,2H2,1H3;1H3;/b;;6-3+;;. The van der Waals surface area contributed by atoms with E-state index in [-0.39, 0.29) is 12.8 Å². The molecule has 0 saturated carbocycles. The number of benzene rings is 2. The SMILES string of the molecule is C#CCc1ccccc1.CC#N.CCOC(=O)/C(Cl)=N\O.CCc1cc(Cc2ccccc2)on1.O=C=O. The van der Waals surface area contributed by atoms with Crippen LogP contribution < -0.4 is 0 Å². The maximum Gasteiger partial charge on any atom is 0.373 e. The van der Waals surface area contributed by atoms with Crippen LogP contribution in [0, 0.1) is 23.7 Å². The number of halogens is 1. The molecular formula is C28H30ClN3O6. The van der Waals surface area contributed by atoms with Crippen LogP contribution in [0.1, 0.15) is 43.4 Å². The lowest BCUT2D eigenvalue weighted by atomic mass is 10.1. The van der Waals surface area contributed by atoms with E-state index in [1.54, 1.807) is 13.0 Å². The van der Waals surface area contributed by atoms with Gasteiger partial charge in [0.2, 0.25) is 0 Å². The van der Waals surface area contributed by atoms with Crippen LogP contribution in [0.25, 0.3) is 0 Å². The Balaban J connectivity index is 0. The molecule has 1 heterocycles. The lowest BCUT2D eigenvalue weighted by molar-refractivity contribution is -0.191. The van der Waals surface area contributed by atoms with Gasteiger partial charge in [-0.3, -0.25) is 0 Å². The molecule has 1 N–H and O–H groups in total. The molecule has 0 amide bonds. The fourth-order valence-electron chi connectivity index (χ4n) is 2.35. The molecule has 0 radical (unpaired) electrons. The number of aromatic nitrogens is 1. The lowest BCUT2D eigenvalue weighted by Crippen LogP contribution is -2.11. The zero-order valence-corrected chi connectivity index (χ0v) is 22.2. The molecule has 10 heteroatoms. The van der Waals surface area contributed by atoms with Gasteiger partial charge in [0.15, 0.2) is 0 Å². The van der Waals surface area contributed by atoms with Crippen molar-refractivity contribution < 1.29 is 28.9 Å². The lowest BCUT2D eigenvalue weighted by Gasteiger charge is -1.94. The predicted octanol–water partition coefficient (Wildman–Crippen LogP) is 5.21. The largest absolute Gasteiger partial charge is 0.461 e. The maximum atomic E-state index is 10.3. The minimum atomic E-state index is -0.818. The molecule has 38 heavy (non-hydrogen) atoms. The quantitative estimate of drug-likeness (QED) is 0.148. The highest BCUT2D eigenvalue weighted by Crippen LogP contribution is 2.10. The number of carbonyl (C=O) groups is 1. The average Bonchev–Trinajstić information content (AvgIpc) is 3.39. The van der Waals surface area contributed by atoms with Crippen LogP contribution in [0.5, 0.6) is 0 Å². The summed E-state index contributed by atoms with van der Waals surface area (Å²) in [7, 11) is 0. The van der Waals surface area contributed by atoms with Crippen molar-refractivity contribution >= 4 is 28.9 Å². The first kappa shape index (κ1) is 35.5. The van der Waals surface area contributed by atoms with Gasteiger partial charge in [0.25, 0.3) is 5.17 Å². The first-order valence-electron chi connectivity index (χ1n) is 11.2. The van der Waals surface area contributed by atoms with Crippen molar-refractivity contribution in [2.24, 2.45) is 5.16 Å². The van der Waals surface area contributed by atoms with Gasteiger partial charge in [-0.05, 0) is 24.5 Å². The number of ether oxygens (including phenoxy) is 1. The fraction of sp³-hybridized carbons (Fsp3) is 0.250. The summed E-state index contributed by atoms with van der Waals surface area (Å²) in [5.74, 6) is 2.70. The van der Waals surface area contributed by atoms with Gasteiger partial charge >= 0.3 is 12.1 Å². The number of oxime groups is 1. The number of esters is 1. The van der Waals surface area contributed by atoms with Gasteiger partial charge in [0, 0.05) is 25.8 Å². The van der Waals surface area contributed by atoms with Crippen molar-refractivity contribution in [3.05, 3.63) is 89.3 Å². The highest BCUT2D eigenvalue weighted by atomic mass is 35.5. The van der Waals surface area contributed by atoms with Crippen molar-refractivity contribution in [3.63, 3.8) is 0 Å². The van der Waals surface area contributed by atoms with Gasteiger partial charge in [0.1, 0.15) is 5.76 Å². The molecule has 0 aliphatic carbocycles. The Hall–Kier alpha value is -4.69. The third-order valence-corrected chi connectivity index (χ3v) is 4.10. The van der Waals surface area contributed by atoms with Gasteiger partial charge in [0.05, 0.1) is 18.4 Å². The molecule has 3 rings (SSSR count). The number of aryl methyl sites for hydroxylation is 1. The molecule has 2 aromatic carbocycles. The Bertz CT molecular complexity index is 1160. The fourth-order valence-corrected chi connectivity index (χ4v) is 2.40. The van der Waals surface area contributed by atoms with Crippen molar-refractivity contribution in [2.75, 3.05) is 6.61 Å². The number of carbonyl (C=O) groups excluding carboxylic acids is 3. The molecule has 200 valence electrons. The van der Waals surface area contributed by atoms with E-state index < -0.39 is 11.1 Å². The molecule has 9 nitrogen and oxygen atoms in total. The van der Waals surface area contributed by atoms with Gasteiger partial charge in [-0.25, -0.2) is 4.79 Å². The van der Waals surface area contributed by atoms with E-state index >= 15 is 0 Å². The van der Waals surface area contributed by atoms with Gasteiger partial charge in [-0.15, -0.1) is 12.3 Å². The van der Waals surface area contributed by atoms with E-state index in [0.717, 1.165) is 30.7 Å². The molecule has 0 atom stereocenters. The number of hydrogen-bond acceptors (Lipinski definition) is 9. The number of nitriles is 1. The third-order valence-electron chi connectivity index (χ3n) is 3.87. The number of terminal acetylenes is 1. The normalized spacial score (nSPS) is 8.84. The molecular weight excluding hydrogens is 510 g/mol. The van der Waals surface area contributed by atoms with Crippen molar-refractivity contribution in [1.29, 1.82) is 5.26 Å². The van der Waals surface area contributed by atoms with E-state index in [4.69, 9.17) is 42.6 Å². The molecule has 0 aliphatic rings. The van der Waals surface area contributed by atoms with Crippen LogP contribution in [0.3, 0.4) is 0 Å². The summed E-state index contributed by atoms with van der Waals surface area (Å²) in [5, 5.41) is 21.0. The second kappa shape index (κ2) is 25.4. The van der Waals surface area contributed by atoms with Crippen LogP contribution in [0.15, 0.2) is 76.4 Å². The molecule has 0 saturated heterocycles. The Labute approximate surface area is 227 Å². The molecule has 0 spiro atoms. The van der Waals surface area contributed by atoms with Crippen molar-refractivity contribution in [1.82, 2.24) is 5.16 Å². The molecule has 0 bridgehead atoms. The van der Waals surface area contributed by atoms with Crippen LogP contribution in [-0.4, -0.2) is 34.3 Å². The van der Waals surface area contributed by atoms with Gasteiger partial charge in [-0.1, -0.05) is 89.5 Å². The molecule has 1 aromatic heterocycles. The van der Waals surface area contributed by atoms with Crippen LogP contribution in [-0.2, 0) is 38.4 Å². The van der Waals surface area contributed by atoms with E-state index in [1.165, 1.54) is 18.1 Å². The zero-order valence-electron chi connectivity index (χ0n) is 21.5. The van der Waals surface area contributed by atoms with Crippen LogP contribution >= 0.6 is 11.6 Å². The summed E-state index contributed by atoms with van der Waals surface area (Å²) < 4.78 is 9.54. The molecule has 0 fully saturated rings. The Morgan fingerprint density at radius 1 is 1.11 bits per heavy atom. The Morgan fingerprint density at radius 3 is 2.00 bits per heavy atom. The first-order chi connectivity index (χ1) is 18.4. The van der Waals surface area contributed by atoms with Crippen LogP contribution in [0.2, 0.25) is 0 Å². The van der Waals surface area contributed by atoms with Crippen LogP contribution in [0.4, 0.5) is 0 Å². The van der Waals surface area contributed by atoms with Crippen molar-refractivity contribution in [2.45, 2.75) is 40.0 Å². The highest BCUT2D eigenvalue weighted by Gasteiger charge is 2.08. The smallest absolute Gasteiger partial charge is 0.373 e. The summed E-state index contributed by atoms with van der Waals surface area (Å²) in [5.41, 5.74) is 3.49. The van der Waals surface area contributed by atoms with E-state index in [1.807, 2.05) is 54.6 Å². The number of hydrogen-bond donors (Lipinski definition) is 1. The first-order valence-corrected chi connectivity index (χ1v) is 11.5. The maximum absolute atomic E-state index is 10.3. The second-order valence-corrected chi connectivity index (χ2v) is 6.94. The summed E-state index contributed by atoms with van der Waals surface area (Å²) in [6, 6.07) is 24.1. The highest BCUT2D eigenvalue weighted by molar-refractivity contribution is 6.81. The number of rotatable bonds is 6. The third kappa shape index (κ3) is 19.6. The minimum Gasteiger partial charge on any atom is -0.461 e. The zero-order chi connectivity index (χ0) is 29.0. The minimum absolute atomic E-state index is 0.213. The summed E-state index contributed by atoms with van der Waals surface area (Å²) in [4.78, 5) is 26.6. The second-order valence-electron chi connectivity index (χ2n) is 6.59. The summed E-state index contributed by atoms with van der Waals surface area (Å²) in [6.07, 6.45) is 7.85. The van der Waals surface area contributed by atoms with Gasteiger partial charge in [-0.2, -0.15) is 14.9 Å². The molecule has 0 unspecified atom stereocenters. The van der Waals surface area contributed by atoms with E-state index in [9.17, 15) is 4.79 Å². The predicted molar refractivity (Wildman–Crippen MR) is 142 cm³/mol. The summed E-state index contributed by atoms with van der Waals surface area (Å²) in [6.45, 7) is 5.34. The van der Waals surface area contributed by atoms with Gasteiger partial charge < -0.3 is 14.5 Å².